The minimum absolute atomic E-state index is 0.0546. The van der Waals surface area contributed by atoms with Crippen LogP contribution in [0.2, 0.25) is 0 Å². The number of carbonyl (C=O) groups excluding carboxylic acids is 1. The number of hydrazone groups is 1. The topological polar surface area (TPSA) is 94.3 Å². The molecule has 1 aliphatic heterocycles. The van der Waals surface area contributed by atoms with E-state index in [1.54, 1.807) is 7.11 Å². The molecule has 1 aliphatic rings. The average Bonchev–Trinajstić information content (AvgIpc) is 2.73. The van der Waals surface area contributed by atoms with E-state index in [-0.39, 0.29) is 11.6 Å². The van der Waals surface area contributed by atoms with Crippen LogP contribution in [0.25, 0.3) is 0 Å². The fraction of sp³-hybridized carbons (Fsp3) is 0.300. The van der Waals surface area contributed by atoms with Gasteiger partial charge < -0.3 is 9.47 Å². The normalized spacial score (nSPS) is 13.6. The van der Waals surface area contributed by atoms with Gasteiger partial charge in [0.25, 0.3) is 11.6 Å². The fourth-order valence-electron chi connectivity index (χ4n) is 2.99. The SMILES string of the molecule is CCOc1cc(C2=NN(C(=O)c3ccc([N+](=O)[O-])cc3)CCC2)ccc1OC. The molecule has 0 bridgehead atoms. The van der Waals surface area contributed by atoms with Crippen molar-refractivity contribution < 1.29 is 19.2 Å². The van der Waals surface area contributed by atoms with Crippen LogP contribution in [0, 0.1) is 10.1 Å². The van der Waals surface area contributed by atoms with Crippen molar-refractivity contribution in [1.29, 1.82) is 0 Å². The van der Waals surface area contributed by atoms with Crippen LogP contribution in [0.3, 0.4) is 0 Å². The van der Waals surface area contributed by atoms with E-state index in [0.717, 1.165) is 24.1 Å². The number of hydrogen-bond donors (Lipinski definition) is 0. The quantitative estimate of drug-likeness (QED) is 0.561. The van der Waals surface area contributed by atoms with Gasteiger partial charge in [-0.2, -0.15) is 5.10 Å². The van der Waals surface area contributed by atoms with E-state index >= 15 is 0 Å². The summed E-state index contributed by atoms with van der Waals surface area (Å²) in [4.78, 5) is 23.0. The molecule has 8 heteroatoms. The van der Waals surface area contributed by atoms with Gasteiger partial charge in [-0.25, -0.2) is 5.01 Å². The van der Waals surface area contributed by atoms with Gasteiger partial charge in [-0.3, -0.25) is 14.9 Å². The lowest BCUT2D eigenvalue weighted by Crippen LogP contribution is -2.32. The number of amides is 1. The Morgan fingerprint density at radius 3 is 2.61 bits per heavy atom. The molecule has 0 spiro atoms. The summed E-state index contributed by atoms with van der Waals surface area (Å²) in [6.45, 7) is 2.90. The van der Waals surface area contributed by atoms with Gasteiger partial charge in [-0.05, 0) is 50.1 Å². The smallest absolute Gasteiger partial charge is 0.273 e. The van der Waals surface area contributed by atoms with Crippen molar-refractivity contribution in [3.05, 3.63) is 63.7 Å². The van der Waals surface area contributed by atoms with Gasteiger partial charge in [0.15, 0.2) is 11.5 Å². The number of ether oxygens (including phenoxy) is 2. The number of nitro groups is 1. The number of nitro benzene ring substituents is 1. The zero-order valence-corrected chi connectivity index (χ0v) is 15.8. The highest BCUT2D eigenvalue weighted by Crippen LogP contribution is 2.29. The van der Waals surface area contributed by atoms with Crippen LogP contribution in [-0.4, -0.2) is 41.8 Å². The minimum atomic E-state index is -0.495. The number of nitrogens with zero attached hydrogens (tertiary/aromatic N) is 3. The van der Waals surface area contributed by atoms with Crippen molar-refractivity contribution >= 4 is 17.3 Å². The van der Waals surface area contributed by atoms with Gasteiger partial charge in [0.2, 0.25) is 0 Å². The third-order valence-corrected chi connectivity index (χ3v) is 4.38. The van der Waals surface area contributed by atoms with E-state index in [1.165, 1.54) is 29.3 Å². The van der Waals surface area contributed by atoms with E-state index in [9.17, 15) is 14.9 Å². The highest BCUT2D eigenvalue weighted by molar-refractivity contribution is 6.03. The Morgan fingerprint density at radius 2 is 1.96 bits per heavy atom. The molecule has 3 rings (SSSR count). The molecule has 146 valence electrons. The molecule has 1 heterocycles. The van der Waals surface area contributed by atoms with Gasteiger partial charge in [0.05, 0.1) is 24.4 Å². The van der Waals surface area contributed by atoms with E-state index < -0.39 is 4.92 Å². The zero-order valence-electron chi connectivity index (χ0n) is 15.8. The third-order valence-electron chi connectivity index (χ3n) is 4.38. The molecule has 0 aromatic heterocycles. The Kier molecular flexibility index (Phi) is 5.88. The Hall–Kier alpha value is -3.42. The molecule has 8 nitrogen and oxygen atoms in total. The summed E-state index contributed by atoms with van der Waals surface area (Å²) in [5, 5.41) is 16.7. The molecular weight excluding hydrogens is 362 g/mol. The molecule has 0 unspecified atom stereocenters. The van der Waals surface area contributed by atoms with Gasteiger partial charge >= 0.3 is 0 Å². The lowest BCUT2D eigenvalue weighted by atomic mass is 10.0. The molecular formula is C20H21N3O5. The molecule has 1 amide bonds. The summed E-state index contributed by atoms with van der Waals surface area (Å²) in [6.07, 6.45) is 1.51. The molecule has 2 aromatic carbocycles. The van der Waals surface area contributed by atoms with E-state index in [4.69, 9.17) is 9.47 Å². The predicted molar refractivity (Wildman–Crippen MR) is 104 cm³/mol. The first-order valence-corrected chi connectivity index (χ1v) is 8.98. The lowest BCUT2D eigenvalue weighted by molar-refractivity contribution is -0.384. The summed E-state index contributed by atoms with van der Waals surface area (Å²) >= 11 is 0. The highest BCUT2D eigenvalue weighted by atomic mass is 16.6. The zero-order chi connectivity index (χ0) is 20.1. The summed E-state index contributed by atoms with van der Waals surface area (Å²) in [7, 11) is 1.58. The predicted octanol–water partition coefficient (Wildman–Crippen LogP) is 3.64. The molecule has 0 saturated carbocycles. The monoisotopic (exact) mass is 383 g/mol. The van der Waals surface area contributed by atoms with Gasteiger partial charge in [-0.15, -0.1) is 0 Å². The average molecular weight is 383 g/mol. The van der Waals surface area contributed by atoms with Gasteiger partial charge in [-0.1, -0.05) is 0 Å². The Morgan fingerprint density at radius 1 is 1.21 bits per heavy atom. The molecule has 28 heavy (non-hydrogen) atoms. The van der Waals surface area contributed by atoms with Crippen LogP contribution >= 0.6 is 0 Å². The number of rotatable bonds is 6. The molecule has 0 fully saturated rings. The number of carbonyl (C=O) groups is 1. The Labute approximate surface area is 162 Å². The molecule has 0 radical (unpaired) electrons. The van der Waals surface area contributed by atoms with Crippen molar-refractivity contribution in [3.63, 3.8) is 0 Å². The Bertz CT molecular complexity index is 909. The summed E-state index contributed by atoms with van der Waals surface area (Å²) in [5.41, 5.74) is 1.96. The highest BCUT2D eigenvalue weighted by Gasteiger charge is 2.22. The Balaban J connectivity index is 1.85. The first kappa shape index (κ1) is 19.3. The maximum absolute atomic E-state index is 12.7. The minimum Gasteiger partial charge on any atom is -0.493 e. The summed E-state index contributed by atoms with van der Waals surface area (Å²) < 4.78 is 10.9. The van der Waals surface area contributed by atoms with Crippen molar-refractivity contribution in [2.24, 2.45) is 5.10 Å². The summed E-state index contributed by atoms with van der Waals surface area (Å²) in [5.74, 6) is 0.982. The fourth-order valence-corrected chi connectivity index (χ4v) is 2.99. The molecule has 0 aliphatic carbocycles. The maximum Gasteiger partial charge on any atom is 0.273 e. The van der Waals surface area contributed by atoms with Crippen LogP contribution in [-0.2, 0) is 0 Å². The van der Waals surface area contributed by atoms with Gasteiger partial charge in [0, 0.05) is 29.8 Å². The van der Waals surface area contributed by atoms with Crippen molar-refractivity contribution in [2.45, 2.75) is 19.8 Å². The first-order chi connectivity index (χ1) is 13.5. The summed E-state index contributed by atoms with van der Waals surface area (Å²) in [6, 6.07) is 11.1. The van der Waals surface area contributed by atoms with Gasteiger partial charge in [0.1, 0.15) is 0 Å². The molecule has 0 saturated heterocycles. The molecule has 0 N–H and O–H groups in total. The second-order valence-electron chi connectivity index (χ2n) is 6.18. The molecule has 0 atom stereocenters. The van der Waals surface area contributed by atoms with Crippen LogP contribution in [0.15, 0.2) is 47.6 Å². The van der Waals surface area contributed by atoms with E-state index in [2.05, 4.69) is 5.10 Å². The van der Waals surface area contributed by atoms with Crippen molar-refractivity contribution in [3.8, 4) is 11.5 Å². The largest absolute Gasteiger partial charge is 0.493 e. The second-order valence-corrected chi connectivity index (χ2v) is 6.18. The first-order valence-electron chi connectivity index (χ1n) is 8.98. The number of non-ortho nitro benzene ring substituents is 1. The van der Waals surface area contributed by atoms with Crippen LogP contribution in [0.4, 0.5) is 5.69 Å². The standard InChI is InChI=1S/C20H21N3O5/c1-3-28-19-13-15(8-11-18(19)27-2)17-5-4-12-22(21-17)20(24)14-6-9-16(10-7-14)23(25)26/h6-11,13H,3-5,12H2,1-2H3. The second kappa shape index (κ2) is 8.51. The number of methoxy groups -OCH3 is 1. The van der Waals surface area contributed by atoms with Crippen LogP contribution in [0.5, 0.6) is 11.5 Å². The van der Waals surface area contributed by atoms with Crippen molar-refractivity contribution in [1.82, 2.24) is 5.01 Å². The van der Waals surface area contributed by atoms with Crippen LogP contribution in [0.1, 0.15) is 35.7 Å². The lowest BCUT2D eigenvalue weighted by Gasteiger charge is -2.24. The van der Waals surface area contributed by atoms with E-state index in [1.807, 2.05) is 25.1 Å². The third kappa shape index (κ3) is 4.11. The number of hydrogen-bond acceptors (Lipinski definition) is 6. The van der Waals surface area contributed by atoms with E-state index in [0.29, 0.717) is 30.2 Å². The van der Waals surface area contributed by atoms with Crippen molar-refractivity contribution in [2.75, 3.05) is 20.3 Å². The maximum atomic E-state index is 12.7. The molecule has 2 aromatic rings. The van der Waals surface area contributed by atoms with Crippen LogP contribution < -0.4 is 9.47 Å². The number of benzene rings is 2.